The van der Waals surface area contributed by atoms with Crippen LogP contribution >= 0.6 is 0 Å². The van der Waals surface area contributed by atoms with Crippen molar-refractivity contribution in [2.75, 3.05) is 6.54 Å². The van der Waals surface area contributed by atoms with Crippen molar-refractivity contribution in [1.29, 1.82) is 0 Å². The van der Waals surface area contributed by atoms with E-state index in [1.54, 1.807) is 6.20 Å². The second-order valence-electron chi connectivity index (χ2n) is 6.36. The fourth-order valence-corrected chi connectivity index (χ4v) is 3.10. The van der Waals surface area contributed by atoms with Gasteiger partial charge in [-0.05, 0) is 37.6 Å². The van der Waals surface area contributed by atoms with Gasteiger partial charge >= 0.3 is 0 Å². The lowest BCUT2D eigenvalue weighted by molar-refractivity contribution is 0.0915. The summed E-state index contributed by atoms with van der Waals surface area (Å²) >= 11 is 0. The lowest BCUT2D eigenvalue weighted by atomic mass is 10.1. The van der Waals surface area contributed by atoms with E-state index in [0.717, 1.165) is 22.8 Å². The smallest absolute Gasteiger partial charge is 0.253 e. The molecule has 0 aliphatic heterocycles. The molecule has 1 aromatic carbocycles. The first kappa shape index (κ1) is 17.9. The highest BCUT2D eigenvalue weighted by Gasteiger charge is 2.17. The third kappa shape index (κ3) is 4.00. The summed E-state index contributed by atoms with van der Waals surface area (Å²) in [5.74, 6) is 0.595. The Morgan fingerprint density at radius 1 is 1.15 bits per heavy atom. The number of amides is 1. The molecule has 2 aromatic heterocycles. The fourth-order valence-electron chi connectivity index (χ4n) is 3.10. The summed E-state index contributed by atoms with van der Waals surface area (Å²) in [4.78, 5) is 16.9. The quantitative estimate of drug-likeness (QED) is 0.719. The summed E-state index contributed by atoms with van der Waals surface area (Å²) in [6.45, 7) is 4.06. The van der Waals surface area contributed by atoms with Crippen LogP contribution in [-0.4, -0.2) is 33.2 Å². The van der Waals surface area contributed by atoms with E-state index in [2.05, 4.69) is 10.3 Å². The summed E-state index contributed by atoms with van der Waals surface area (Å²) in [6, 6.07) is 17.3. The molecule has 2 heterocycles. The predicted molar refractivity (Wildman–Crippen MR) is 102 cm³/mol. The van der Waals surface area contributed by atoms with Crippen LogP contribution in [0, 0.1) is 13.8 Å². The number of benzene rings is 1. The minimum absolute atomic E-state index is 0.188. The number of hydrogen-bond donors (Lipinski definition) is 2. The third-order valence-corrected chi connectivity index (χ3v) is 4.37. The van der Waals surface area contributed by atoms with Gasteiger partial charge < -0.3 is 15.0 Å². The van der Waals surface area contributed by atoms with Gasteiger partial charge in [-0.15, -0.1) is 0 Å². The third-order valence-electron chi connectivity index (χ3n) is 4.37. The molecule has 0 fully saturated rings. The predicted octanol–water partition coefficient (Wildman–Crippen LogP) is 2.82. The Balaban J connectivity index is 1.67. The minimum Gasteiger partial charge on any atom is -0.391 e. The van der Waals surface area contributed by atoms with Crippen LogP contribution in [0.15, 0.2) is 60.8 Å². The number of carbonyl (C=O) groups excluding carboxylic acids is 1. The van der Waals surface area contributed by atoms with Crippen LogP contribution in [0.2, 0.25) is 0 Å². The fraction of sp³-hybridized carbons (Fsp3) is 0.238. The highest BCUT2D eigenvalue weighted by molar-refractivity contribution is 5.95. The topological polar surface area (TPSA) is 67.2 Å². The van der Waals surface area contributed by atoms with E-state index in [-0.39, 0.29) is 12.5 Å². The zero-order valence-corrected chi connectivity index (χ0v) is 15.0. The SMILES string of the molecule is Cc1cc(C(=O)NCC(O)Cc2ccccc2)c(C)n1-c1ccccn1. The van der Waals surface area contributed by atoms with E-state index in [1.807, 2.05) is 73.0 Å². The first-order valence-electron chi connectivity index (χ1n) is 8.67. The second-order valence-corrected chi connectivity index (χ2v) is 6.36. The first-order valence-corrected chi connectivity index (χ1v) is 8.67. The molecule has 0 saturated heterocycles. The molecule has 0 bridgehead atoms. The molecule has 0 aliphatic carbocycles. The average molecular weight is 349 g/mol. The molecule has 2 N–H and O–H groups in total. The number of aliphatic hydroxyl groups excluding tert-OH is 1. The Morgan fingerprint density at radius 3 is 2.58 bits per heavy atom. The monoisotopic (exact) mass is 349 g/mol. The molecule has 0 spiro atoms. The van der Waals surface area contributed by atoms with Gasteiger partial charge in [0.25, 0.3) is 5.91 Å². The Labute approximate surface area is 153 Å². The lowest BCUT2D eigenvalue weighted by Crippen LogP contribution is -2.33. The molecule has 0 radical (unpaired) electrons. The van der Waals surface area contributed by atoms with Crippen LogP contribution in [0.4, 0.5) is 0 Å². The number of aliphatic hydroxyl groups is 1. The van der Waals surface area contributed by atoms with Gasteiger partial charge in [0.15, 0.2) is 0 Å². The Kier molecular flexibility index (Phi) is 5.49. The Morgan fingerprint density at radius 2 is 1.88 bits per heavy atom. The van der Waals surface area contributed by atoms with Crippen LogP contribution in [0.25, 0.3) is 5.82 Å². The molecule has 3 aromatic rings. The van der Waals surface area contributed by atoms with Crippen molar-refractivity contribution >= 4 is 5.91 Å². The molecule has 3 rings (SSSR count). The molecule has 1 atom stereocenters. The normalized spacial score (nSPS) is 12.0. The molecule has 134 valence electrons. The Hall–Kier alpha value is -2.92. The number of hydrogen-bond acceptors (Lipinski definition) is 3. The van der Waals surface area contributed by atoms with Gasteiger partial charge in [0.05, 0.1) is 11.7 Å². The van der Waals surface area contributed by atoms with Gasteiger partial charge in [-0.25, -0.2) is 4.98 Å². The highest BCUT2D eigenvalue weighted by Crippen LogP contribution is 2.19. The van der Waals surface area contributed by atoms with E-state index < -0.39 is 6.10 Å². The van der Waals surface area contributed by atoms with Crippen molar-refractivity contribution in [1.82, 2.24) is 14.9 Å². The maximum absolute atomic E-state index is 12.6. The zero-order valence-electron chi connectivity index (χ0n) is 15.0. The lowest BCUT2D eigenvalue weighted by Gasteiger charge is -2.12. The number of pyridine rings is 1. The standard InChI is InChI=1S/C21H23N3O2/c1-15-12-19(16(2)24(15)20-10-6-7-11-22-20)21(26)23-14-18(25)13-17-8-4-3-5-9-17/h3-12,18,25H,13-14H2,1-2H3,(H,23,26). The number of rotatable bonds is 6. The maximum Gasteiger partial charge on any atom is 0.253 e. The van der Waals surface area contributed by atoms with Gasteiger partial charge in [-0.3, -0.25) is 4.79 Å². The van der Waals surface area contributed by atoms with Crippen LogP contribution < -0.4 is 5.32 Å². The van der Waals surface area contributed by atoms with Gasteiger partial charge in [-0.1, -0.05) is 36.4 Å². The number of carbonyl (C=O) groups is 1. The maximum atomic E-state index is 12.6. The summed E-state index contributed by atoms with van der Waals surface area (Å²) in [5, 5.41) is 13.0. The van der Waals surface area contributed by atoms with Gasteiger partial charge in [-0.2, -0.15) is 0 Å². The average Bonchev–Trinajstić information content (AvgIpc) is 2.95. The van der Waals surface area contributed by atoms with Gasteiger partial charge in [0.1, 0.15) is 5.82 Å². The molecule has 0 aliphatic rings. The number of aromatic nitrogens is 2. The van der Waals surface area contributed by atoms with Crippen LogP contribution in [0.3, 0.4) is 0 Å². The summed E-state index contributed by atoms with van der Waals surface area (Å²) in [7, 11) is 0. The van der Waals surface area contributed by atoms with Gasteiger partial charge in [0, 0.05) is 30.6 Å². The molecule has 26 heavy (non-hydrogen) atoms. The molecule has 5 heteroatoms. The van der Waals surface area contributed by atoms with Crippen LogP contribution in [-0.2, 0) is 6.42 Å². The summed E-state index contributed by atoms with van der Waals surface area (Å²) in [6.07, 6.45) is 1.61. The van der Waals surface area contributed by atoms with E-state index >= 15 is 0 Å². The van der Waals surface area contributed by atoms with Crippen molar-refractivity contribution in [3.05, 3.63) is 83.3 Å². The summed E-state index contributed by atoms with van der Waals surface area (Å²) in [5.41, 5.74) is 3.41. The van der Waals surface area contributed by atoms with Crippen molar-refractivity contribution in [2.24, 2.45) is 0 Å². The molecule has 1 unspecified atom stereocenters. The second kappa shape index (κ2) is 7.97. The number of aryl methyl sites for hydroxylation is 1. The number of nitrogens with zero attached hydrogens (tertiary/aromatic N) is 2. The number of nitrogens with one attached hydrogen (secondary N) is 1. The van der Waals surface area contributed by atoms with E-state index in [0.29, 0.717) is 12.0 Å². The van der Waals surface area contributed by atoms with E-state index in [9.17, 15) is 9.90 Å². The highest BCUT2D eigenvalue weighted by atomic mass is 16.3. The molecule has 5 nitrogen and oxygen atoms in total. The molecule has 1 amide bonds. The summed E-state index contributed by atoms with van der Waals surface area (Å²) < 4.78 is 1.95. The zero-order chi connectivity index (χ0) is 18.5. The molecule has 0 saturated carbocycles. The van der Waals surface area contributed by atoms with Crippen LogP contribution in [0.1, 0.15) is 27.3 Å². The van der Waals surface area contributed by atoms with Crippen molar-refractivity contribution in [3.63, 3.8) is 0 Å². The van der Waals surface area contributed by atoms with Crippen molar-refractivity contribution in [3.8, 4) is 5.82 Å². The van der Waals surface area contributed by atoms with Crippen molar-refractivity contribution in [2.45, 2.75) is 26.4 Å². The van der Waals surface area contributed by atoms with E-state index in [4.69, 9.17) is 0 Å². The Bertz CT molecular complexity index is 873. The largest absolute Gasteiger partial charge is 0.391 e. The van der Waals surface area contributed by atoms with Crippen LogP contribution in [0.5, 0.6) is 0 Å². The minimum atomic E-state index is -0.624. The van der Waals surface area contributed by atoms with Crippen molar-refractivity contribution < 1.29 is 9.90 Å². The first-order chi connectivity index (χ1) is 12.6. The van der Waals surface area contributed by atoms with E-state index in [1.165, 1.54) is 0 Å². The molecular weight excluding hydrogens is 326 g/mol. The van der Waals surface area contributed by atoms with Gasteiger partial charge in [0.2, 0.25) is 0 Å². The molecular formula is C21H23N3O2.